The zero-order chi connectivity index (χ0) is 25.2. The van der Waals surface area contributed by atoms with Crippen molar-refractivity contribution in [2.24, 2.45) is 5.41 Å². The average Bonchev–Trinajstić information content (AvgIpc) is 3.40. The number of hydrogen-bond donors (Lipinski definition) is 2. The highest BCUT2D eigenvalue weighted by molar-refractivity contribution is 5.85. The van der Waals surface area contributed by atoms with Gasteiger partial charge in [-0.05, 0) is 46.9 Å². The van der Waals surface area contributed by atoms with Gasteiger partial charge in [-0.2, -0.15) is 0 Å². The maximum atomic E-state index is 13.0. The number of benzene rings is 2. The van der Waals surface area contributed by atoms with E-state index in [1.807, 2.05) is 45.0 Å². The highest BCUT2D eigenvalue weighted by atomic mass is 16.5. The third kappa shape index (κ3) is 5.66. The van der Waals surface area contributed by atoms with E-state index >= 15 is 0 Å². The van der Waals surface area contributed by atoms with Gasteiger partial charge in [-0.1, -0.05) is 69.3 Å². The van der Waals surface area contributed by atoms with Crippen LogP contribution in [0.15, 0.2) is 48.5 Å². The summed E-state index contributed by atoms with van der Waals surface area (Å²) in [5.41, 5.74) is 4.45. The quantitative estimate of drug-likeness (QED) is 0.596. The van der Waals surface area contributed by atoms with E-state index in [2.05, 4.69) is 29.6 Å². The Labute approximate surface area is 206 Å². The summed E-state index contributed by atoms with van der Waals surface area (Å²) in [4.78, 5) is 38.7. The van der Waals surface area contributed by atoms with Gasteiger partial charge >= 0.3 is 12.1 Å². The van der Waals surface area contributed by atoms with Crippen LogP contribution in [0.3, 0.4) is 0 Å². The second-order valence-corrected chi connectivity index (χ2v) is 10.7. The number of nitrogens with zero attached hydrogens (tertiary/aromatic N) is 1. The standard InChI is InChI=1S/C28H34N2O5/c1-28(2,3)16-18(15-25(31)30-14-8-13-24(30)26(32)33)29-27(34)35-17-23-21-11-6-4-9-19(21)20-10-5-7-12-22(20)23/h4-7,9-12,18,23-24H,8,13-17H2,1-3H3,(H,29,34)(H,32,33)/t18?,24-/m1/s1. The van der Waals surface area contributed by atoms with Crippen molar-refractivity contribution in [1.82, 2.24) is 10.2 Å². The average molecular weight is 479 g/mol. The first-order chi connectivity index (χ1) is 16.6. The molecule has 2 N–H and O–H groups in total. The summed E-state index contributed by atoms with van der Waals surface area (Å²) in [6, 6.07) is 15.1. The third-order valence-electron chi connectivity index (χ3n) is 6.80. The number of carboxylic acids is 1. The first kappa shape index (κ1) is 24.8. The Bertz CT molecular complexity index is 1060. The number of amides is 2. The second-order valence-electron chi connectivity index (χ2n) is 10.7. The molecular weight excluding hydrogens is 444 g/mol. The molecule has 1 aliphatic heterocycles. The first-order valence-corrected chi connectivity index (χ1v) is 12.3. The number of rotatable bonds is 7. The van der Waals surface area contributed by atoms with Crippen molar-refractivity contribution in [3.05, 3.63) is 59.7 Å². The lowest BCUT2D eigenvalue weighted by Gasteiger charge is -2.29. The van der Waals surface area contributed by atoms with Crippen molar-refractivity contribution in [3.8, 4) is 11.1 Å². The Hall–Kier alpha value is -3.35. The topological polar surface area (TPSA) is 95.9 Å². The summed E-state index contributed by atoms with van der Waals surface area (Å²) >= 11 is 0. The summed E-state index contributed by atoms with van der Waals surface area (Å²) in [5.74, 6) is -1.27. The molecule has 4 rings (SSSR count). The molecule has 2 atom stereocenters. The van der Waals surface area contributed by atoms with Crippen LogP contribution in [0.25, 0.3) is 11.1 Å². The van der Waals surface area contributed by atoms with Crippen LogP contribution < -0.4 is 5.32 Å². The normalized spacial score (nSPS) is 18.0. The molecule has 2 aromatic rings. The van der Waals surface area contributed by atoms with Gasteiger partial charge in [-0.3, -0.25) is 4.79 Å². The van der Waals surface area contributed by atoms with E-state index in [-0.39, 0.29) is 30.3 Å². The molecule has 1 heterocycles. The molecule has 2 aromatic carbocycles. The van der Waals surface area contributed by atoms with Crippen LogP contribution in [-0.2, 0) is 14.3 Å². The molecular formula is C28H34N2O5. The minimum absolute atomic E-state index is 0.0447. The Kier molecular flexibility index (Phi) is 7.15. The largest absolute Gasteiger partial charge is 0.480 e. The molecule has 7 nitrogen and oxygen atoms in total. The number of carbonyl (C=O) groups excluding carboxylic acids is 2. The van der Waals surface area contributed by atoms with Crippen LogP contribution in [0.2, 0.25) is 0 Å². The van der Waals surface area contributed by atoms with Crippen LogP contribution in [0.5, 0.6) is 0 Å². The Morgan fingerprint density at radius 1 is 1.06 bits per heavy atom. The van der Waals surface area contributed by atoms with Gasteiger partial charge in [0.1, 0.15) is 12.6 Å². The van der Waals surface area contributed by atoms with Crippen molar-refractivity contribution in [2.75, 3.05) is 13.2 Å². The van der Waals surface area contributed by atoms with Crippen LogP contribution in [0, 0.1) is 5.41 Å². The predicted molar refractivity (Wildman–Crippen MR) is 133 cm³/mol. The molecule has 1 fully saturated rings. The zero-order valence-electron chi connectivity index (χ0n) is 20.6. The maximum absolute atomic E-state index is 13.0. The van der Waals surface area contributed by atoms with Gasteiger partial charge in [0, 0.05) is 24.9 Å². The first-order valence-electron chi connectivity index (χ1n) is 12.3. The fraction of sp³-hybridized carbons (Fsp3) is 0.464. The van der Waals surface area contributed by atoms with E-state index in [0.717, 1.165) is 22.3 Å². The number of nitrogens with one attached hydrogen (secondary N) is 1. The van der Waals surface area contributed by atoms with Crippen LogP contribution >= 0.6 is 0 Å². The lowest BCUT2D eigenvalue weighted by atomic mass is 9.87. The highest BCUT2D eigenvalue weighted by Crippen LogP contribution is 2.44. The molecule has 2 aliphatic rings. The number of likely N-dealkylation sites (tertiary alicyclic amines) is 1. The van der Waals surface area contributed by atoms with E-state index < -0.39 is 24.1 Å². The number of ether oxygens (including phenoxy) is 1. The van der Waals surface area contributed by atoms with Crippen molar-refractivity contribution >= 4 is 18.0 Å². The molecule has 35 heavy (non-hydrogen) atoms. The van der Waals surface area contributed by atoms with Crippen LogP contribution in [0.1, 0.15) is 63.5 Å². The summed E-state index contributed by atoms with van der Waals surface area (Å²) in [7, 11) is 0. The van der Waals surface area contributed by atoms with Gasteiger partial charge in [0.2, 0.25) is 5.91 Å². The summed E-state index contributed by atoms with van der Waals surface area (Å²) in [5, 5.41) is 12.3. The van der Waals surface area contributed by atoms with Crippen molar-refractivity contribution < 1.29 is 24.2 Å². The monoisotopic (exact) mass is 478 g/mol. The Morgan fingerprint density at radius 3 is 2.23 bits per heavy atom. The van der Waals surface area contributed by atoms with E-state index in [4.69, 9.17) is 4.74 Å². The fourth-order valence-electron chi connectivity index (χ4n) is 5.37. The summed E-state index contributed by atoms with van der Waals surface area (Å²) in [6.45, 7) is 6.76. The van der Waals surface area contributed by atoms with Gasteiger partial charge in [0.25, 0.3) is 0 Å². The number of alkyl carbamates (subject to hydrolysis) is 1. The van der Waals surface area contributed by atoms with Crippen molar-refractivity contribution in [3.63, 3.8) is 0 Å². The highest BCUT2D eigenvalue weighted by Gasteiger charge is 2.36. The number of carboxylic acid groups (broad SMARTS) is 1. The summed E-state index contributed by atoms with van der Waals surface area (Å²) < 4.78 is 5.68. The van der Waals surface area contributed by atoms with E-state index in [1.54, 1.807) is 0 Å². The minimum Gasteiger partial charge on any atom is -0.480 e. The molecule has 1 saturated heterocycles. The maximum Gasteiger partial charge on any atom is 0.407 e. The fourth-order valence-corrected chi connectivity index (χ4v) is 5.37. The Balaban J connectivity index is 1.41. The predicted octanol–water partition coefficient (Wildman–Crippen LogP) is 4.80. The van der Waals surface area contributed by atoms with E-state index in [9.17, 15) is 19.5 Å². The molecule has 0 saturated carbocycles. The molecule has 0 spiro atoms. The SMILES string of the molecule is CC(C)(C)CC(CC(=O)N1CCC[C@@H]1C(=O)O)NC(=O)OCC1c2ccccc2-c2ccccc21. The van der Waals surface area contributed by atoms with Gasteiger partial charge in [-0.25, -0.2) is 9.59 Å². The Morgan fingerprint density at radius 2 is 1.66 bits per heavy atom. The van der Waals surface area contributed by atoms with Gasteiger partial charge in [-0.15, -0.1) is 0 Å². The molecule has 1 aliphatic carbocycles. The lowest BCUT2D eigenvalue weighted by molar-refractivity contribution is -0.148. The third-order valence-corrected chi connectivity index (χ3v) is 6.80. The molecule has 7 heteroatoms. The molecule has 2 amide bonds. The van der Waals surface area contributed by atoms with E-state index in [1.165, 1.54) is 4.90 Å². The van der Waals surface area contributed by atoms with Gasteiger partial charge < -0.3 is 20.1 Å². The van der Waals surface area contributed by atoms with Crippen LogP contribution in [-0.4, -0.2) is 53.2 Å². The molecule has 0 radical (unpaired) electrons. The van der Waals surface area contributed by atoms with Crippen LogP contribution in [0.4, 0.5) is 4.79 Å². The smallest absolute Gasteiger partial charge is 0.407 e. The zero-order valence-corrected chi connectivity index (χ0v) is 20.6. The summed E-state index contributed by atoms with van der Waals surface area (Å²) in [6.07, 6.45) is 1.18. The molecule has 186 valence electrons. The van der Waals surface area contributed by atoms with Gasteiger partial charge in [0.05, 0.1) is 0 Å². The molecule has 0 bridgehead atoms. The van der Waals surface area contributed by atoms with Crippen molar-refractivity contribution in [1.29, 1.82) is 0 Å². The number of fused-ring (bicyclic) bond motifs is 3. The number of aliphatic carboxylic acids is 1. The second kappa shape index (κ2) is 10.1. The lowest BCUT2D eigenvalue weighted by Crippen LogP contribution is -2.45. The molecule has 1 unspecified atom stereocenters. The minimum atomic E-state index is -0.979. The number of carbonyl (C=O) groups is 3. The molecule has 0 aromatic heterocycles. The number of hydrogen-bond acceptors (Lipinski definition) is 4. The van der Waals surface area contributed by atoms with Crippen molar-refractivity contribution in [2.45, 2.75) is 64.5 Å². The van der Waals surface area contributed by atoms with E-state index in [0.29, 0.717) is 25.8 Å². The van der Waals surface area contributed by atoms with Gasteiger partial charge in [0.15, 0.2) is 0 Å².